The van der Waals surface area contributed by atoms with Crippen molar-refractivity contribution in [3.05, 3.63) is 58.3 Å². The molecule has 0 spiro atoms. The third-order valence-electron chi connectivity index (χ3n) is 2.64. The molecule has 2 aromatic rings. The zero-order valence-corrected chi connectivity index (χ0v) is 10.5. The first kappa shape index (κ1) is 13.9. The van der Waals surface area contributed by atoms with E-state index in [-0.39, 0.29) is 0 Å². The van der Waals surface area contributed by atoms with Crippen molar-refractivity contribution in [3.63, 3.8) is 0 Å². The number of carbonyl (C=O) groups excluding carboxylic acids is 1. The Morgan fingerprint density at radius 1 is 1.30 bits per heavy atom. The van der Waals surface area contributed by atoms with E-state index in [0.717, 1.165) is 18.7 Å². The Hall–Kier alpha value is -2.57. The van der Waals surface area contributed by atoms with Gasteiger partial charge in [0.15, 0.2) is 0 Å². The van der Waals surface area contributed by atoms with Crippen LogP contribution in [0.2, 0.25) is 0 Å². The van der Waals surface area contributed by atoms with Gasteiger partial charge in [-0.25, -0.2) is 13.6 Å². The highest BCUT2D eigenvalue weighted by molar-refractivity contribution is 5.92. The molecule has 2 rings (SSSR count). The molecule has 5 nitrogen and oxygen atoms in total. The second kappa shape index (κ2) is 5.60. The van der Waals surface area contributed by atoms with Gasteiger partial charge in [0.05, 0.1) is 0 Å². The summed E-state index contributed by atoms with van der Waals surface area (Å²) in [5, 5.41) is 3.34. The Morgan fingerprint density at radius 3 is 2.50 bits per heavy atom. The van der Waals surface area contributed by atoms with Gasteiger partial charge >= 0.3 is 5.69 Å². The maximum absolute atomic E-state index is 12.6. The van der Waals surface area contributed by atoms with E-state index in [1.165, 1.54) is 6.08 Å². The summed E-state index contributed by atoms with van der Waals surface area (Å²) in [5.74, 6) is -1.52. The summed E-state index contributed by atoms with van der Waals surface area (Å²) in [6, 6.07) is 8.90. The fraction of sp³-hybridized carbons (Fsp3) is 0.154. The fourth-order valence-electron chi connectivity index (χ4n) is 1.59. The molecule has 0 bridgehead atoms. The van der Waals surface area contributed by atoms with E-state index in [1.54, 1.807) is 24.3 Å². The summed E-state index contributed by atoms with van der Waals surface area (Å²) in [4.78, 5) is 23.4. The van der Waals surface area contributed by atoms with Gasteiger partial charge in [0, 0.05) is 13.1 Å². The minimum atomic E-state index is -2.92. The molecular weight excluding hydrogens is 268 g/mol. The fourth-order valence-corrected chi connectivity index (χ4v) is 1.59. The van der Waals surface area contributed by atoms with Gasteiger partial charge in [-0.05, 0) is 11.6 Å². The quantitative estimate of drug-likeness (QED) is 0.806. The van der Waals surface area contributed by atoms with Crippen molar-refractivity contribution in [2.24, 2.45) is 7.05 Å². The van der Waals surface area contributed by atoms with Crippen LogP contribution in [0.4, 0.5) is 8.78 Å². The van der Waals surface area contributed by atoms with E-state index in [1.807, 2.05) is 6.07 Å². The molecule has 0 unspecified atom stereocenters. The van der Waals surface area contributed by atoms with E-state index in [0.29, 0.717) is 9.25 Å². The number of benzene rings is 1. The predicted molar refractivity (Wildman–Crippen MR) is 68.5 cm³/mol. The molecule has 0 saturated heterocycles. The lowest BCUT2D eigenvalue weighted by Crippen LogP contribution is -2.27. The Balaban J connectivity index is 2.29. The monoisotopic (exact) mass is 279 g/mol. The third-order valence-corrected chi connectivity index (χ3v) is 2.64. The van der Waals surface area contributed by atoms with Crippen molar-refractivity contribution in [1.29, 1.82) is 0 Å². The van der Waals surface area contributed by atoms with Crippen molar-refractivity contribution in [1.82, 2.24) is 14.3 Å². The molecule has 0 amide bonds. The molecule has 0 aliphatic heterocycles. The van der Waals surface area contributed by atoms with Gasteiger partial charge in [-0.15, -0.1) is 9.78 Å². The van der Waals surface area contributed by atoms with Gasteiger partial charge in [-0.2, -0.15) is 0 Å². The summed E-state index contributed by atoms with van der Waals surface area (Å²) in [6.45, 7) is 0. The number of aromatic nitrogens is 3. The van der Waals surface area contributed by atoms with Crippen LogP contribution in [0.1, 0.15) is 22.6 Å². The van der Waals surface area contributed by atoms with E-state index in [4.69, 9.17) is 0 Å². The first-order valence-corrected chi connectivity index (χ1v) is 5.72. The molecule has 1 heterocycles. The van der Waals surface area contributed by atoms with Gasteiger partial charge in [0.2, 0.25) is 5.82 Å². The Kier molecular flexibility index (Phi) is 3.88. The largest absolute Gasteiger partial charge is 0.353 e. The zero-order chi connectivity index (χ0) is 14.7. The smallest absolute Gasteiger partial charge is 0.277 e. The van der Waals surface area contributed by atoms with E-state index < -0.39 is 23.8 Å². The molecule has 7 heteroatoms. The molecule has 0 aliphatic carbocycles. The Morgan fingerprint density at radius 2 is 1.95 bits per heavy atom. The molecule has 20 heavy (non-hydrogen) atoms. The number of rotatable bonds is 3. The average Bonchev–Trinajstić information content (AvgIpc) is 2.74. The summed E-state index contributed by atoms with van der Waals surface area (Å²) >= 11 is 0. The van der Waals surface area contributed by atoms with E-state index >= 15 is 0 Å². The molecule has 104 valence electrons. The normalized spacial score (nSPS) is 11.4. The molecule has 0 atom stereocenters. The first-order valence-electron chi connectivity index (χ1n) is 5.72. The topological polar surface area (TPSA) is 56.9 Å². The van der Waals surface area contributed by atoms with Crippen LogP contribution in [0.25, 0.3) is 6.08 Å². The van der Waals surface area contributed by atoms with Crippen LogP contribution in [0.15, 0.2) is 41.2 Å². The lowest BCUT2D eigenvalue weighted by Gasteiger charge is -1.93. The summed E-state index contributed by atoms with van der Waals surface area (Å²) in [7, 11) is 1.14. The molecule has 0 radical (unpaired) electrons. The van der Waals surface area contributed by atoms with Gasteiger partial charge < -0.3 is 0 Å². The van der Waals surface area contributed by atoms with Crippen molar-refractivity contribution >= 4 is 12.0 Å². The van der Waals surface area contributed by atoms with Crippen LogP contribution in [-0.2, 0) is 7.05 Å². The van der Waals surface area contributed by atoms with Crippen LogP contribution in [0.5, 0.6) is 0 Å². The molecule has 1 aromatic heterocycles. The highest BCUT2D eigenvalue weighted by Crippen LogP contribution is 2.13. The number of halogens is 2. The van der Waals surface area contributed by atoms with Crippen LogP contribution >= 0.6 is 0 Å². The highest BCUT2D eigenvalue weighted by Gasteiger charge is 2.20. The molecule has 1 aromatic carbocycles. The van der Waals surface area contributed by atoms with Crippen molar-refractivity contribution in [2.75, 3.05) is 0 Å². The number of carbonyl (C=O) groups is 1. The number of nitrogens with zero attached hydrogens (tertiary/aromatic N) is 3. The lowest BCUT2D eigenvalue weighted by atomic mass is 10.2. The number of allylic oxidation sites excluding steroid dienone is 1. The van der Waals surface area contributed by atoms with Crippen molar-refractivity contribution in [2.45, 2.75) is 6.43 Å². The Labute approximate surface area is 112 Å². The van der Waals surface area contributed by atoms with Gasteiger partial charge in [-0.3, -0.25) is 9.36 Å². The minimum absolute atomic E-state index is 0.418. The average molecular weight is 279 g/mol. The first-order chi connectivity index (χ1) is 9.50. The van der Waals surface area contributed by atoms with Gasteiger partial charge in [-0.1, -0.05) is 30.3 Å². The van der Waals surface area contributed by atoms with E-state index in [9.17, 15) is 18.4 Å². The predicted octanol–water partition coefficient (Wildman–Crippen LogP) is 1.87. The molecule has 0 fully saturated rings. The third kappa shape index (κ3) is 2.71. The molecule has 0 aliphatic rings. The van der Waals surface area contributed by atoms with Crippen LogP contribution in [0.3, 0.4) is 0 Å². The van der Waals surface area contributed by atoms with E-state index in [2.05, 4.69) is 5.10 Å². The zero-order valence-electron chi connectivity index (χ0n) is 10.5. The standard InChI is InChI=1S/C13H11F2N3O2/c1-17-12(11(14)15)16-18(13(17)20)10(19)8-7-9-5-3-2-4-6-9/h2-8,11H,1H3/b8-7+. The maximum atomic E-state index is 12.6. The van der Waals surface area contributed by atoms with Gasteiger partial charge in [0.25, 0.3) is 12.3 Å². The molecular formula is C13H11F2N3O2. The number of alkyl halides is 2. The Bertz CT molecular complexity index is 702. The van der Waals surface area contributed by atoms with Crippen molar-refractivity contribution < 1.29 is 13.6 Å². The lowest BCUT2D eigenvalue weighted by molar-refractivity contribution is 0.0946. The van der Waals surface area contributed by atoms with Gasteiger partial charge in [0.1, 0.15) is 0 Å². The van der Waals surface area contributed by atoms with Crippen LogP contribution in [-0.4, -0.2) is 20.3 Å². The second-order valence-corrected chi connectivity index (χ2v) is 3.99. The van der Waals surface area contributed by atoms with Crippen molar-refractivity contribution in [3.8, 4) is 0 Å². The number of hydrogen-bond donors (Lipinski definition) is 0. The second-order valence-electron chi connectivity index (χ2n) is 3.99. The number of hydrogen-bond acceptors (Lipinski definition) is 3. The molecule has 0 saturated carbocycles. The summed E-state index contributed by atoms with van der Waals surface area (Å²) in [5.41, 5.74) is -0.151. The van der Waals surface area contributed by atoms with Crippen LogP contribution in [0, 0.1) is 0 Å². The minimum Gasteiger partial charge on any atom is -0.277 e. The highest BCUT2D eigenvalue weighted by atomic mass is 19.3. The van der Waals surface area contributed by atoms with Crippen LogP contribution < -0.4 is 5.69 Å². The SMILES string of the molecule is Cn1c(C(F)F)nn(C(=O)/C=C/c2ccccc2)c1=O. The summed E-state index contributed by atoms with van der Waals surface area (Å²) in [6.07, 6.45) is -0.329. The maximum Gasteiger partial charge on any atom is 0.353 e. The summed E-state index contributed by atoms with van der Waals surface area (Å²) < 4.78 is 26.2. The molecule has 0 N–H and O–H groups in total.